The van der Waals surface area contributed by atoms with Crippen LogP contribution in [0.4, 0.5) is 11.4 Å². The molecule has 6 nitrogen and oxygen atoms in total. The second-order valence-corrected chi connectivity index (χ2v) is 11.4. The van der Waals surface area contributed by atoms with Crippen LogP contribution in [-0.4, -0.2) is 27.3 Å². The van der Waals surface area contributed by atoms with Crippen molar-refractivity contribution in [1.82, 2.24) is 0 Å². The zero-order valence-electron chi connectivity index (χ0n) is 17.4. The van der Waals surface area contributed by atoms with Gasteiger partial charge in [0.2, 0.25) is 20.0 Å². The number of hydrogen-bond donors (Lipinski definition) is 2. The maximum Gasteiger partial charge on any atom is 1.00 e. The molecule has 0 unspecified atom stereocenters. The van der Waals surface area contributed by atoms with E-state index in [0.29, 0.717) is 11.4 Å². The number of anilines is 2. The van der Waals surface area contributed by atoms with Gasteiger partial charge in [-0.05, 0) is 63.1 Å². The van der Waals surface area contributed by atoms with Crippen molar-refractivity contribution in [3.05, 3.63) is 59.7 Å². The summed E-state index contributed by atoms with van der Waals surface area (Å²) in [6.07, 6.45) is 3.79. The van der Waals surface area contributed by atoms with Gasteiger partial charge in [-0.25, -0.2) is 16.8 Å². The molecule has 0 saturated heterocycles. The van der Waals surface area contributed by atoms with Gasteiger partial charge in [0.15, 0.2) is 0 Å². The molecule has 0 radical (unpaired) electrons. The van der Waals surface area contributed by atoms with Crippen molar-refractivity contribution in [2.45, 2.75) is 38.2 Å². The Morgan fingerprint density at radius 3 is 1.14 bits per heavy atom. The number of rotatable bonds is 8. The average Bonchev–Trinajstić information content (AvgIpc) is 2.61. The van der Waals surface area contributed by atoms with Gasteiger partial charge in [0, 0.05) is 11.4 Å². The van der Waals surface area contributed by atoms with Crippen LogP contribution in [-0.2, 0) is 20.0 Å². The van der Waals surface area contributed by atoms with Gasteiger partial charge in [-0.3, -0.25) is 9.44 Å². The van der Waals surface area contributed by atoms with E-state index in [1.165, 1.54) is 0 Å². The van der Waals surface area contributed by atoms with Crippen molar-refractivity contribution in [1.29, 1.82) is 0 Å². The summed E-state index contributed by atoms with van der Waals surface area (Å²) < 4.78 is 52.6. The van der Waals surface area contributed by atoms with E-state index < -0.39 is 30.5 Å². The molecule has 0 aliphatic heterocycles. The molecule has 0 spiro atoms. The molecule has 0 bridgehead atoms. The first-order chi connectivity index (χ1) is 13.0. The molecular weight excluding hydrogens is 419 g/mol. The van der Waals surface area contributed by atoms with Crippen molar-refractivity contribution in [3.8, 4) is 0 Å². The molecular formula is C20H26N2NaO4S2+. The average molecular weight is 446 g/mol. The molecule has 0 amide bonds. The van der Waals surface area contributed by atoms with Crippen LogP contribution in [0.15, 0.2) is 48.5 Å². The Balaban J connectivity index is 0.00000420. The van der Waals surface area contributed by atoms with Crippen LogP contribution in [0, 0.1) is 0 Å². The Labute approximate surface area is 196 Å². The predicted molar refractivity (Wildman–Crippen MR) is 117 cm³/mol. The fraction of sp³-hybridized carbons (Fsp3) is 0.300. The van der Waals surface area contributed by atoms with E-state index in [1.54, 1.807) is 52.0 Å². The molecule has 29 heavy (non-hydrogen) atoms. The molecule has 2 aromatic carbocycles. The fourth-order valence-electron chi connectivity index (χ4n) is 2.08. The Bertz CT molecular complexity index is 943. The minimum absolute atomic E-state index is 0. The molecule has 0 fully saturated rings. The zero-order valence-corrected chi connectivity index (χ0v) is 21.0. The standard InChI is InChI=1S/C20H26N2O4S2.Na/c1-15(2)27(23,24)21-19-11-7-17(8-12-19)5-6-18-9-13-20(14-10-18)22-28(25,26)16(3)4;/h5-16,21-22H,1-4H3;/q;+1/b6-5+;. The van der Waals surface area contributed by atoms with Gasteiger partial charge < -0.3 is 0 Å². The second kappa shape index (κ2) is 10.6. The molecule has 0 aromatic heterocycles. The first-order valence-corrected chi connectivity index (χ1v) is 12.0. The van der Waals surface area contributed by atoms with Crippen LogP contribution < -0.4 is 39.0 Å². The summed E-state index contributed by atoms with van der Waals surface area (Å²) in [6, 6.07) is 14.1. The van der Waals surface area contributed by atoms with Crippen LogP contribution in [0.3, 0.4) is 0 Å². The largest absolute Gasteiger partial charge is 1.00 e. The second-order valence-electron chi connectivity index (χ2n) is 6.97. The molecule has 0 atom stereocenters. The molecule has 152 valence electrons. The topological polar surface area (TPSA) is 92.3 Å². The Morgan fingerprint density at radius 1 is 0.621 bits per heavy atom. The summed E-state index contributed by atoms with van der Waals surface area (Å²) in [7, 11) is -6.72. The van der Waals surface area contributed by atoms with E-state index in [-0.39, 0.29) is 29.6 Å². The van der Waals surface area contributed by atoms with E-state index in [2.05, 4.69) is 9.44 Å². The molecule has 2 rings (SSSR count). The monoisotopic (exact) mass is 445 g/mol. The number of sulfonamides is 2. The van der Waals surface area contributed by atoms with E-state index >= 15 is 0 Å². The van der Waals surface area contributed by atoms with Crippen LogP contribution in [0.1, 0.15) is 38.8 Å². The SMILES string of the molecule is CC(C)S(=O)(=O)Nc1ccc(/C=C/c2ccc(NS(=O)(=O)C(C)C)cc2)cc1.[Na+]. The van der Waals surface area contributed by atoms with Crippen molar-refractivity contribution < 1.29 is 46.4 Å². The Kier molecular flexibility index (Phi) is 9.43. The maximum absolute atomic E-state index is 11.9. The van der Waals surface area contributed by atoms with Gasteiger partial charge in [-0.2, -0.15) is 0 Å². The first-order valence-electron chi connectivity index (χ1n) is 8.91. The molecule has 2 aromatic rings. The van der Waals surface area contributed by atoms with E-state index in [9.17, 15) is 16.8 Å². The third kappa shape index (κ3) is 7.79. The minimum atomic E-state index is -3.36. The van der Waals surface area contributed by atoms with Gasteiger partial charge in [0.05, 0.1) is 10.5 Å². The van der Waals surface area contributed by atoms with Crippen LogP contribution in [0.5, 0.6) is 0 Å². The van der Waals surface area contributed by atoms with Crippen molar-refractivity contribution in [2.75, 3.05) is 9.44 Å². The third-order valence-corrected chi connectivity index (χ3v) is 7.57. The molecule has 0 aliphatic rings. The summed E-state index contributed by atoms with van der Waals surface area (Å²) in [5.74, 6) is 0. The molecule has 0 saturated carbocycles. The third-order valence-electron chi connectivity index (χ3n) is 4.05. The zero-order chi connectivity index (χ0) is 20.9. The van der Waals surface area contributed by atoms with Gasteiger partial charge in [-0.1, -0.05) is 36.4 Å². The maximum atomic E-state index is 11.9. The minimum Gasteiger partial charge on any atom is -0.283 e. The molecule has 0 heterocycles. The van der Waals surface area contributed by atoms with E-state index in [4.69, 9.17) is 0 Å². The van der Waals surface area contributed by atoms with Crippen LogP contribution >= 0.6 is 0 Å². The summed E-state index contributed by atoms with van der Waals surface area (Å²) in [5, 5.41) is -1.000. The number of benzene rings is 2. The van der Waals surface area contributed by atoms with E-state index in [0.717, 1.165) is 11.1 Å². The summed E-state index contributed by atoms with van der Waals surface area (Å²) in [4.78, 5) is 0. The van der Waals surface area contributed by atoms with Crippen LogP contribution in [0.2, 0.25) is 0 Å². The molecule has 2 N–H and O–H groups in total. The van der Waals surface area contributed by atoms with Gasteiger partial charge in [0.1, 0.15) is 0 Å². The normalized spacial score (nSPS) is 12.2. The summed E-state index contributed by atoms with van der Waals surface area (Å²) in [5.41, 5.74) is 2.87. The van der Waals surface area contributed by atoms with Crippen molar-refractivity contribution in [3.63, 3.8) is 0 Å². The summed E-state index contributed by atoms with van der Waals surface area (Å²) >= 11 is 0. The number of hydrogen-bond acceptors (Lipinski definition) is 4. The number of nitrogens with one attached hydrogen (secondary N) is 2. The summed E-state index contributed by atoms with van der Waals surface area (Å²) in [6.45, 7) is 6.49. The van der Waals surface area contributed by atoms with Gasteiger partial charge in [-0.15, -0.1) is 0 Å². The molecule has 9 heteroatoms. The Morgan fingerprint density at radius 2 is 0.897 bits per heavy atom. The quantitative estimate of drug-likeness (QED) is 0.471. The van der Waals surface area contributed by atoms with Gasteiger partial charge >= 0.3 is 29.6 Å². The van der Waals surface area contributed by atoms with Crippen molar-refractivity contribution >= 4 is 43.6 Å². The smallest absolute Gasteiger partial charge is 0.283 e. The first kappa shape index (κ1) is 25.7. The van der Waals surface area contributed by atoms with Crippen molar-refractivity contribution in [2.24, 2.45) is 0 Å². The van der Waals surface area contributed by atoms with E-state index in [1.807, 2.05) is 36.4 Å². The fourth-order valence-corrected chi connectivity index (χ4v) is 3.48. The van der Waals surface area contributed by atoms with Gasteiger partial charge in [0.25, 0.3) is 0 Å². The van der Waals surface area contributed by atoms with Crippen LogP contribution in [0.25, 0.3) is 12.2 Å². The molecule has 0 aliphatic carbocycles. The predicted octanol–water partition coefficient (Wildman–Crippen LogP) is 1.16. The Hall–Kier alpha value is -1.32.